The first-order chi connectivity index (χ1) is 13.2. The van der Waals surface area contributed by atoms with Crippen LogP contribution in [0.1, 0.15) is 16.1 Å². The van der Waals surface area contributed by atoms with E-state index in [-0.39, 0.29) is 5.91 Å². The molecule has 1 aromatic heterocycles. The Morgan fingerprint density at radius 2 is 1.74 bits per heavy atom. The predicted octanol–water partition coefficient (Wildman–Crippen LogP) is 3.77. The number of para-hydroxylation sites is 1. The summed E-state index contributed by atoms with van der Waals surface area (Å²) >= 11 is 1.40. The van der Waals surface area contributed by atoms with Crippen LogP contribution in [0.3, 0.4) is 0 Å². The highest BCUT2D eigenvalue weighted by molar-refractivity contribution is 7.13. The van der Waals surface area contributed by atoms with Crippen LogP contribution in [0.5, 0.6) is 17.2 Å². The molecule has 0 bridgehead atoms. The molecule has 7 heteroatoms. The lowest BCUT2D eigenvalue weighted by Crippen LogP contribution is -2.23. The van der Waals surface area contributed by atoms with Crippen LogP contribution in [0.4, 0.5) is 0 Å². The molecule has 3 rings (SSSR count). The van der Waals surface area contributed by atoms with Gasteiger partial charge in [0.1, 0.15) is 16.5 Å². The van der Waals surface area contributed by atoms with Gasteiger partial charge in [0.25, 0.3) is 5.91 Å². The zero-order chi connectivity index (χ0) is 19.2. The Labute approximate surface area is 161 Å². The van der Waals surface area contributed by atoms with Crippen molar-refractivity contribution in [2.45, 2.75) is 6.54 Å². The molecule has 0 aliphatic rings. The second-order valence-electron chi connectivity index (χ2n) is 5.61. The van der Waals surface area contributed by atoms with E-state index >= 15 is 0 Å². The number of amides is 1. The fourth-order valence-electron chi connectivity index (χ4n) is 2.59. The molecule has 0 radical (unpaired) electrons. The van der Waals surface area contributed by atoms with Gasteiger partial charge < -0.3 is 19.5 Å². The molecule has 0 saturated carbocycles. The summed E-state index contributed by atoms with van der Waals surface area (Å²) in [4.78, 5) is 16.9. The molecule has 0 aliphatic carbocycles. The van der Waals surface area contributed by atoms with Crippen molar-refractivity contribution in [3.05, 3.63) is 59.1 Å². The molecule has 0 unspecified atom stereocenters. The van der Waals surface area contributed by atoms with E-state index in [4.69, 9.17) is 14.2 Å². The number of carbonyl (C=O) groups excluding carboxylic acids is 1. The summed E-state index contributed by atoms with van der Waals surface area (Å²) in [5.74, 6) is 1.76. The molecule has 0 aliphatic heterocycles. The van der Waals surface area contributed by atoms with Crippen LogP contribution in [0.15, 0.2) is 47.8 Å². The van der Waals surface area contributed by atoms with Crippen LogP contribution in [-0.2, 0) is 6.54 Å². The van der Waals surface area contributed by atoms with E-state index in [0.29, 0.717) is 23.7 Å². The Kier molecular flexibility index (Phi) is 5.93. The summed E-state index contributed by atoms with van der Waals surface area (Å²) in [5.41, 5.74) is 2.14. The number of ether oxygens (including phenoxy) is 3. The lowest BCUT2D eigenvalue weighted by Gasteiger charge is -2.10. The number of rotatable bonds is 7. The van der Waals surface area contributed by atoms with Crippen molar-refractivity contribution in [3.8, 4) is 27.8 Å². The van der Waals surface area contributed by atoms with Gasteiger partial charge in [-0.2, -0.15) is 0 Å². The molecule has 27 heavy (non-hydrogen) atoms. The fraction of sp³-hybridized carbons (Fsp3) is 0.200. The van der Waals surface area contributed by atoms with Gasteiger partial charge in [0.05, 0.1) is 26.9 Å². The molecule has 0 atom stereocenters. The summed E-state index contributed by atoms with van der Waals surface area (Å²) < 4.78 is 15.9. The van der Waals surface area contributed by atoms with Crippen LogP contribution in [-0.4, -0.2) is 32.2 Å². The molecule has 1 N–H and O–H groups in total. The summed E-state index contributed by atoms with van der Waals surface area (Å²) in [7, 11) is 4.78. The summed E-state index contributed by atoms with van der Waals surface area (Å²) in [6.07, 6.45) is 0. The zero-order valence-electron chi connectivity index (χ0n) is 15.3. The topological polar surface area (TPSA) is 69.7 Å². The van der Waals surface area contributed by atoms with Crippen molar-refractivity contribution < 1.29 is 19.0 Å². The molecule has 6 nitrogen and oxygen atoms in total. The van der Waals surface area contributed by atoms with Crippen molar-refractivity contribution in [2.75, 3.05) is 21.3 Å². The van der Waals surface area contributed by atoms with Crippen LogP contribution in [0.2, 0.25) is 0 Å². The number of nitrogens with one attached hydrogen (secondary N) is 1. The van der Waals surface area contributed by atoms with E-state index in [2.05, 4.69) is 10.3 Å². The maximum Gasteiger partial charge on any atom is 0.271 e. The maximum absolute atomic E-state index is 12.4. The third-order valence-electron chi connectivity index (χ3n) is 3.98. The number of hydrogen-bond acceptors (Lipinski definition) is 6. The molecule has 2 aromatic carbocycles. The van der Waals surface area contributed by atoms with Gasteiger partial charge in [-0.15, -0.1) is 11.3 Å². The number of benzene rings is 2. The van der Waals surface area contributed by atoms with Gasteiger partial charge in [-0.1, -0.05) is 18.2 Å². The second kappa shape index (κ2) is 8.55. The smallest absolute Gasteiger partial charge is 0.271 e. The van der Waals surface area contributed by atoms with E-state index in [1.54, 1.807) is 26.7 Å². The monoisotopic (exact) mass is 384 g/mol. The van der Waals surface area contributed by atoms with E-state index in [0.717, 1.165) is 21.9 Å². The Morgan fingerprint density at radius 3 is 2.48 bits per heavy atom. The SMILES string of the molecule is COc1ccc(CNC(=O)c2csc(-c3ccccc3OC)n2)cc1OC. The van der Waals surface area contributed by atoms with Crippen LogP contribution in [0.25, 0.3) is 10.6 Å². The van der Waals surface area contributed by atoms with Gasteiger partial charge >= 0.3 is 0 Å². The van der Waals surface area contributed by atoms with Crippen molar-refractivity contribution in [3.63, 3.8) is 0 Å². The Hall–Kier alpha value is -3.06. The van der Waals surface area contributed by atoms with E-state index in [9.17, 15) is 4.79 Å². The first kappa shape index (κ1) is 18.7. The molecule has 0 spiro atoms. The highest BCUT2D eigenvalue weighted by Gasteiger charge is 2.14. The quantitative estimate of drug-likeness (QED) is 0.672. The summed E-state index contributed by atoms with van der Waals surface area (Å²) in [5, 5.41) is 5.36. The highest BCUT2D eigenvalue weighted by Crippen LogP contribution is 2.32. The highest BCUT2D eigenvalue weighted by atomic mass is 32.1. The van der Waals surface area contributed by atoms with Crippen LogP contribution < -0.4 is 19.5 Å². The first-order valence-corrected chi connectivity index (χ1v) is 9.12. The van der Waals surface area contributed by atoms with Gasteiger partial charge in [-0.3, -0.25) is 4.79 Å². The Bertz CT molecular complexity index is 939. The number of aromatic nitrogens is 1. The van der Waals surface area contributed by atoms with E-state index < -0.39 is 0 Å². The number of nitrogens with zero attached hydrogens (tertiary/aromatic N) is 1. The van der Waals surface area contributed by atoms with Gasteiger partial charge in [-0.25, -0.2) is 4.98 Å². The molecule has 0 fully saturated rings. The maximum atomic E-state index is 12.4. The molecule has 140 valence electrons. The van der Waals surface area contributed by atoms with Gasteiger partial charge in [0.2, 0.25) is 0 Å². The van der Waals surface area contributed by atoms with Crippen molar-refractivity contribution in [2.24, 2.45) is 0 Å². The van der Waals surface area contributed by atoms with Crippen molar-refractivity contribution in [1.29, 1.82) is 0 Å². The lowest BCUT2D eigenvalue weighted by atomic mass is 10.2. The number of hydrogen-bond donors (Lipinski definition) is 1. The lowest BCUT2D eigenvalue weighted by molar-refractivity contribution is 0.0946. The minimum absolute atomic E-state index is 0.234. The third kappa shape index (κ3) is 4.20. The minimum atomic E-state index is -0.234. The summed E-state index contributed by atoms with van der Waals surface area (Å²) in [6, 6.07) is 13.1. The first-order valence-electron chi connectivity index (χ1n) is 8.24. The predicted molar refractivity (Wildman–Crippen MR) is 105 cm³/mol. The largest absolute Gasteiger partial charge is 0.496 e. The number of carbonyl (C=O) groups is 1. The Morgan fingerprint density at radius 1 is 1.00 bits per heavy atom. The number of thiazole rings is 1. The van der Waals surface area contributed by atoms with Crippen LogP contribution >= 0.6 is 11.3 Å². The summed E-state index contributed by atoms with van der Waals surface area (Å²) in [6.45, 7) is 0.362. The standard InChI is InChI=1S/C20H20N2O4S/c1-24-16-7-5-4-6-14(16)20-22-15(12-27-20)19(23)21-11-13-8-9-17(25-2)18(10-13)26-3/h4-10,12H,11H2,1-3H3,(H,21,23). The van der Waals surface area contributed by atoms with Gasteiger partial charge in [0.15, 0.2) is 11.5 Å². The van der Waals surface area contributed by atoms with Gasteiger partial charge in [0, 0.05) is 11.9 Å². The Balaban J connectivity index is 1.70. The normalized spacial score (nSPS) is 10.3. The van der Waals surface area contributed by atoms with Crippen LogP contribution in [0, 0.1) is 0 Å². The molecule has 3 aromatic rings. The zero-order valence-corrected chi connectivity index (χ0v) is 16.1. The molecular formula is C20H20N2O4S. The average molecular weight is 384 g/mol. The fourth-order valence-corrected chi connectivity index (χ4v) is 3.42. The molecule has 1 heterocycles. The third-order valence-corrected chi connectivity index (χ3v) is 4.85. The number of methoxy groups -OCH3 is 3. The second-order valence-corrected chi connectivity index (χ2v) is 6.47. The van der Waals surface area contributed by atoms with E-state index in [1.807, 2.05) is 42.5 Å². The average Bonchev–Trinajstić information content (AvgIpc) is 3.21. The molecule has 1 amide bonds. The van der Waals surface area contributed by atoms with Gasteiger partial charge in [-0.05, 0) is 29.8 Å². The van der Waals surface area contributed by atoms with E-state index in [1.165, 1.54) is 11.3 Å². The minimum Gasteiger partial charge on any atom is -0.496 e. The van der Waals surface area contributed by atoms with Crippen molar-refractivity contribution >= 4 is 17.2 Å². The molecule has 0 saturated heterocycles. The molecular weight excluding hydrogens is 364 g/mol. The van der Waals surface area contributed by atoms with Crippen molar-refractivity contribution in [1.82, 2.24) is 10.3 Å².